The maximum Gasteiger partial charge on any atom is 0.309 e. The number of benzene rings is 1. The Hall–Kier alpha value is -1.40. The minimum absolute atomic E-state index is 0.0387. The van der Waals surface area contributed by atoms with Gasteiger partial charge in [-0.15, -0.1) is 11.3 Å². The van der Waals surface area contributed by atoms with Crippen LogP contribution in [-0.2, 0) is 31.1 Å². The summed E-state index contributed by atoms with van der Waals surface area (Å²) in [6, 6.07) is 2.09. The number of hydrogen-bond donors (Lipinski definition) is 2. The Labute approximate surface area is 163 Å². The van der Waals surface area contributed by atoms with Crippen molar-refractivity contribution in [3.05, 3.63) is 32.7 Å². The van der Waals surface area contributed by atoms with Crippen LogP contribution in [0.3, 0.4) is 0 Å². The van der Waals surface area contributed by atoms with Crippen LogP contribution in [0.15, 0.2) is 21.9 Å². The highest BCUT2D eigenvalue weighted by atomic mass is 35.5. The zero-order valence-corrected chi connectivity index (χ0v) is 17.2. The highest BCUT2D eigenvalue weighted by molar-refractivity contribution is 7.95. The van der Waals surface area contributed by atoms with E-state index in [0.29, 0.717) is 4.88 Å². The van der Waals surface area contributed by atoms with Crippen LogP contribution in [0.2, 0.25) is 10.0 Å². The number of hydrogen-bond acceptors (Lipinski definition) is 7. The van der Waals surface area contributed by atoms with Crippen molar-refractivity contribution >= 4 is 65.5 Å². The van der Waals surface area contributed by atoms with E-state index in [2.05, 4.69) is 9.71 Å². The number of aliphatic carboxylic acids is 1. The molecule has 0 saturated heterocycles. The van der Waals surface area contributed by atoms with Gasteiger partial charge in [0.25, 0.3) is 10.0 Å². The Kier molecular flexibility index (Phi) is 5.88. The first-order valence-corrected chi connectivity index (χ1v) is 11.7. The molecule has 1 heterocycles. The normalized spacial score (nSPS) is 12.2. The molecule has 0 saturated carbocycles. The lowest BCUT2D eigenvalue weighted by Gasteiger charge is -2.12. The number of nitrogens with one attached hydrogen (secondary N) is 1. The molecule has 0 bridgehead atoms. The quantitative estimate of drug-likeness (QED) is 0.679. The lowest BCUT2D eigenvalue weighted by Crippen LogP contribution is -2.17. The van der Waals surface area contributed by atoms with Crippen LogP contribution in [0.1, 0.15) is 10.6 Å². The molecule has 2 aromatic rings. The largest absolute Gasteiger partial charge is 0.481 e. The van der Waals surface area contributed by atoms with E-state index in [-0.39, 0.29) is 27.3 Å². The van der Waals surface area contributed by atoms with Crippen molar-refractivity contribution in [2.75, 3.05) is 11.0 Å². The van der Waals surface area contributed by atoms with Gasteiger partial charge in [-0.25, -0.2) is 21.8 Å². The number of carboxylic acid groups (broad SMARTS) is 1. The molecule has 1 aromatic heterocycles. The second kappa shape index (κ2) is 7.31. The number of rotatable bonds is 6. The van der Waals surface area contributed by atoms with E-state index in [9.17, 15) is 21.6 Å². The molecule has 0 aliphatic carbocycles. The van der Waals surface area contributed by atoms with Gasteiger partial charge in [-0.1, -0.05) is 23.2 Å². The second-order valence-electron chi connectivity index (χ2n) is 5.18. The van der Waals surface area contributed by atoms with E-state index in [1.807, 2.05) is 0 Å². The zero-order chi connectivity index (χ0) is 19.9. The Morgan fingerprint density at radius 1 is 1.27 bits per heavy atom. The van der Waals surface area contributed by atoms with Gasteiger partial charge in [0, 0.05) is 16.2 Å². The van der Waals surface area contributed by atoms with E-state index < -0.39 is 35.6 Å². The first-order valence-electron chi connectivity index (χ1n) is 6.71. The van der Waals surface area contributed by atoms with Crippen molar-refractivity contribution in [2.24, 2.45) is 0 Å². The lowest BCUT2D eigenvalue weighted by molar-refractivity contribution is -0.136. The van der Waals surface area contributed by atoms with Crippen LogP contribution in [0.5, 0.6) is 0 Å². The van der Waals surface area contributed by atoms with E-state index in [1.54, 1.807) is 6.92 Å². The summed E-state index contributed by atoms with van der Waals surface area (Å²) in [4.78, 5) is 14.0. The molecule has 0 aliphatic rings. The minimum atomic E-state index is -4.43. The molecule has 2 rings (SSSR count). The van der Waals surface area contributed by atoms with Gasteiger partial charge < -0.3 is 5.11 Å². The SMILES string of the molecule is Cc1sc(NS(=O)(=O)c2c(Cl)cc(Cl)cc2S(C)(=O)=O)nc1CC(=O)O. The van der Waals surface area contributed by atoms with Gasteiger partial charge in [-0.3, -0.25) is 9.52 Å². The number of aryl methyl sites for hydroxylation is 1. The van der Waals surface area contributed by atoms with Gasteiger partial charge in [-0.05, 0) is 19.1 Å². The van der Waals surface area contributed by atoms with Crippen LogP contribution in [0.4, 0.5) is 5.13 Å². The molecule has 13 heteroatoms. The molecule has 0 radical (unpaired) electrons. The standard InChI is InChI=1S/C13H12Cl2N2O6S3/c1-6-9(5-11(18)19)16-13(24-6)17-26(22,23)12-8(15)3-7(14)4-10(12)25(2,20)21/h3-4H,5H2,1-2H3,(H,16,17)(H,18,19). The summed E-state index contributed by atoms with van der Waals surface area (Å²) in [5.74, 6) is -1.12. The van der Waals surface area contributed by atoms with Crippen molar-refractivity contribution in [1.82, 2.24) is 4.98 Å². The van der Waals surface area contributed by atoms with Crippen LogP contribution in [0, 0.1) is 6.92 Å². The maximum absolute atomic E-state index is 12.7. The molecule has 8 nitrogen and oxygen atoms in total. The summed E-state index contributed by atoms with van der Waals surface area (Å²) in [7, 11) is -8.38. The molecular weight excluding hydrogens is 447 g/mol. The summed E-state index contributed by atoms with van der Waals surface area (Å²) in [5, 5.41) is 8.31. The third kappa shape index (κ3) is 4.65. The summed E-state index contributed by atoms with van der Waals surface area (Å²) < 4.78 is 51.4. The van der Waals surface area contributed by atoms with E-state index in [0.717, 1.165) is 29.7 Å². The first-order chi connectivity index (χ1) is 11.8. The molecule has 0 aliphatic heterocycles. The van der Waals surface area contributed by atoms with Crippen molar-refractivity contribution in [1.29, 1.82) is 0 Å². The lowest BCUT2D eigenvalue weighted by atomic mass is 10.3. The number of carboxylic acids is 1. The third-order valence-corrected chi connectivity index (χ3v) is 7.45. The number of sulfone groups is 1. The number of aromatic nitrogens is 1. The molecule has 0 spiro atoms. The molecule has 0 amide bonds. The van der Waals surface area contributed by atoms with Crippen molar-refractivity contribution < 1.29 is 26.7 Å². The fourth-order valence-corrected chi connectivity index (χ4v) is 6.70. The Bertz CT molecular complexity index is 1090. The summed E-state index contributed by atoms with van der Waals surface area (Å²) in [6.07, 6.45) is 0.451. The highest BCUT2D eigenvalue weighted by Gasteiger charge is 2.29. The van der Waals surface area contributed by atoms with Gasteiger partial charge in [0.2, 0.25) is 0 Å². The molecule has 0 fully saturated rings. The fraction of sp³-hybridized carbons (Fsp3) is 0.231. The number of thiazole rings is 1. The maximum atomic E-state index is 12.7. The molecular formula is C13H12Cl2N2O6S3. The average molecular weight is 459 g/mol. The Morgan fingerprint density at radius 2 is 1.88 bits per heavy atom. The molecule has 1 aromatic carbocycles. The molecule has 0 unspecified atom stereocenters. The highest BCUT2D eigenvalue weighted by Crippen LogP contribution is 2.34. The third-order valence-electron chi connectivity index (χ3n) is 3.08. The molecule has 142 valence electrons. The van der Waals surface area contributed by atoms with Gasteiger partial charge in [-0.2, -0.15) is 0 Å². The summed E-state index contributed by atoms with van der Waals surface area (Å²) >= 11 is 12.6. The number of sulfonamides is 1. The van der Waals surface area contributed by atoms with E-state index in [1.165, 1.54) is 0 Å². The Morgan fingerprint density at radius 3 is 2.42 bits per heavy atom. The molecule has 2 N–H and O–H groups in total. The van der Waals surface area contributed by atoms with Gasteiger partial charge in [0.05, 0.1) is 22.0 Å². The average Bonchev–Trinajstić information content (AvgIpc) is 2.74. The van der Waals surface area contributed by atoms with Crippen molar-refractivity contribution in [3.63, 3.8) is 0 Å². The number of carbonyl (C=O) groups is 1. The number of nitrogens with zero attached hydrogens (tertiary/aromatic N) is 1. The second-order valence-corrected chi connectivity index (χ2v) is 10.8. The first kappa shape index (κ1) is 20.9. The van der Waals surface area contributed by atoms with E-state index >= 15 is 0 Å². The molecule has 26 heavy (non-hydrogen) atoms. The van der Waals surface area contributed by atoms with Gasteiger partial charge in [0.1, 0.15) is 4.90 Å². The van der Waals surface area contributed by atoms with Crippen LogP contribution >= 0.6 is 34.5 Å². The smallest absolute Gasteiger partial charge is 0.309 e. The monoisotopic (exact) mass is 458 g/mol. The van der Waals surface area contributed by atoms with Crippen LogP contribution in [0.25, 0.3) is 0 Å². The van der Waals surface area contributed by atoms with Gasteiger partial charge >= 0.3 is 5.97 Å². The summed E-state index contributed by atoms with van der Waals surface area (Å²) in [5.41, 5.74) is 0.200. The summed E-state index contributed by atoms with van der Waals surface area (Å²) in [6.45, 7) is 1.59. The van der Waals surface area contributed by atoms with E-state index in [4.69, 9.17) is 28.3 Å². The number of anilines is 1. The van der Waals surface area contributed by atoms with Crippen molar-refractivity contribution in [2.45, 2.75) is 23.1 Å². The predicted molar refractivity (Wildman–Crippen MR) is 98.6 cm³/mol. The Balaban J connectivity index is 2.55. The van der Waals surface area contributed by atoms with Crippen molar-refractivity contribution in [3.8, 4) is 0 Å². The van der Waals surface area contributed by atoms with Gasteiger partial charge in [0.15, 0.2) is 15.0 Å². The van der Waals surface area contributed by atoms with Crippen LogP contribution in [-0.4, -0.2) is 39.2 Å². The zero-order valence-electron chi connectivity index (χ0n) is 13.3. The van der Waals surface area contributed by atoms with Crippen LogP contribution < -0.4 is 4.72 Å². The molecule has 0 atom stereocenters. The predicted octanol–water partition coefficient (Wildman–Crippen LogP) is 2.59. The number of halogens is 2. The fourth-order valence-electron chi connectivity index (χ4n) is 2.02. The minimum Gasteiger partial charge on any atom is -0.481 e. The topological polar surface area (TPSA) is 130 Å².